The predicted molar refractivity (Wildman–Crippen MR) is 127 cm³/mol. The molecule has 0 saturated heterocycles. The summed E-state index contributed by atoms with van der Waals surface area (Å²) in [6.45, 7) is 1.96. The molecule has 0 aliphatic heterocycles. The Morgan fingerprint density at radius 3 is 2.21 bits per heavy atom. The van der Waals surface area contributed by atoms with Crippen molar-refractivity contribution < 1.29 is 19.1 Å². The first-order valence-corrected chi connectivity index (χ1v) is 10.9. The standard InChI is InChI=1S/C27H23FN2O4/c1-2-8-23-24(28)30(25(31)20-9-4-3-5-10-20)27(34)29(23)17-18-13-15-19(16-14-18)21-11-6-7-12-22(21)26(32)33/h3-7,9-16H,2,8,17H2,1H3,(H,32,33). The molecule has 0 aliphatic rings. The Kier molecular flexibility index (Phi) is 6.54. The number of carboxylic acid groups (broad SMARTS) is 1. The zero-order valence-corrected chi connectivity index (χ0v) is 18.6. The van der Waals surface area contributed by atoms with Gasteiger partial charge in [0.15, 0.2) is 0 Å². The van der Waals surface area contributed by atoms with Crippen LogP contribution < -0.4 is 5.69 Å². The number of rotatable bonds is 7. The number of carboxylic acids is 1. The normalized spacial score (nSPS) is 10.9. The number of imidazole rings is 1. The van der Waals surface area contributed by atoms with Crippen LogP contribution in [0.4, 0.5) is 4.39 Å². The van der Waals surface area contributed by atoms with E-state index in [4.69, 9.17) is 0 Å². The molecule has 4 rings (SSSR count). The van der Waals surface area contributed by atoms with Crippen molar-refractivity contribution in [3.8, 4) is 11.1 Å². The molecule has 34 heavy (non-hydrogen) atoms. The number of carbonyl (C=O) groups excluding carboxylic acids is 1. The van der Waals surface area contributed by atoms with Crippen LogP contribution in [-0.4, -0.2) is 26.1 Å². The summed E-state index contributed by atoms with van der Waals surface area (Å²) in [7, 11) is 0. The highest BCUT2D eigenvalue weighted by Gasteiger charge is 2.24. The van der Waals surface area contributed by atoms with E-state index in [9.17, 15) is 19.5 Å². The maximum Gasteiger partial charge on any atom is 0.338 e. The molecule has 1 N–H and O–H groups in total. The lowest BCUT2D eigenvalue weighted by molar-refractivity contribution is 0.0697. The van der Waals surface area contributed by atoms with Gasteiger partial charge in [-0.1, -0.05) is 74.0 Å². The number of halogens is 1. The summed E-state index contributed by atoms with van der Waals surface area (Å²) in [5, 5.41) is 9.44. The molecule has 0 unspecified atom stereocenters. The Hall–Kier alpha value is -4.26. The minimum absolute atomic E-state index is 0.0843. The third-order valence-corrected chi connectivity index (χ3v) is 5.66. The van der Waals surface area contributed by atoms with Crippen molar-refractivity contribution in [2.45, 2.75) is 26.3 Å². The topological polar surface area (TPSA) is 81.3 Å². The van der Waals surface area contributed by atoms with E-state index >= 15 is 4.39 Å². The van der Waals surface area contributed by atoms with Gasteiger partial charge < -0.3 is 5.11 Å². The summed E-state index contributed by atoms with van der Waals surface area (Å²) in [4.78, 5) is 37.5. The maximum absolute atomic E-state index is 15.3. The van der Waals surface area contributed by atoms with Crippen molar-refractivity contribution in [1.82, 2.24) is 9.13 Å². The van der Waals surface area contributed by atoms with Crippen molar-refractivity contribution in [3.05, 3.63) is 118 Å². The molecule has 1 aromatic heterocycles. The minimum Gasteiger partial charge on any atom is -0.478 e. The summed E-state index contributed by atoms with van der Waals surface area (Å²) >= 11 is 0. The van der Waals surface area contributed by atoms with Gasteiger partial charge in [-0.05, 0) is 41.3 Å². The Morgan fingerprint density at radius 2 is 1.56 bits per heavy atom. The van der Waals surface area contributed by atoms with E-state index in [1.54, 1.807) is 72.8 Å². The molecule has 0 fully saturated rings. The molecule has 172 valence electrons. The largest absolute Gasteiger partial charge is 0.478 e. The number of aromatic carboxylic acids is 1. The Bertz CT molecular complexity index is 1400. The van der Waals surface area contributed by atoms with E-state index in [1.165, 1.54) is 10.6 Å². The summed E-state index contributed by atoms with van der Waals surface area (Å²) < 4.78 is 17.1. The molecule has 6 nitrogen and oxygen atoms in total. The zero-order chi connectivity index (χ0) is 24.2. The van der Waals surface area contributed by atoms with Crippen molar-refractivity contribution in [2.24, 2.45) is 0 Å². The maximum atomic E-state index is 15.3. The fourth-order valence-electron chi connectivity index (χ4n) is 3.98. The average Bonchev–Trinajstić information content (AvgIpc) is 3.08. The molecule has 3 aromatic carbocycles. The third-order valence-electron chi connectivity index (χ3n) is 5.66. The number of nitrogens with zero attached hydrogens (tertiary/aromatic N) is 2. The van der Waals surface area contributed by atoms with Gasteiger partial charge in [-0.2, -0.15) is 4.39 Å². The van der Waals surface area contributed by atoms with Crippen molar-refractivity contribution >= 4 is 11.9 Å². The van der Waals surface area contributed by atoms with Gasteiger partial charge in [-0.25, -0.2) is 14.2 Å². The fourth-order valence-corrected chi connectivity index (χ4v) is 3.98. The van der Waals surface area contributed by atoms with E-state index in [2.05, 4.69) is 0 Å². The quantitative estimate of drug-likeness (QED) is 0.430. The molecule has 0 radical (unpaired) electrons. The first-order valence-electron chi connectivity index (χ1n) is 10.9. The van der Waals surface area contributed by atoms with Crippen molar-refractivity contribution in [1.29, 1.82) is 0 Å². The second-order valence-electron chi connectivity index (χ2n) is 7.91. The fraction of sp³-hybridized carbons (Fsp3) is 0.148. The molecule has 0 atom stereocenters. The van der Waals surface area contributed by atoms with Crippen molar-refractivity contribution in [3.63, 3.8) is 0 Å². The highest BCUT2D eigenvalue weighted by molar-refractivity contribution is 5.96. The first kappa shape index (κ1) is 22.9. The number of hydrogen-bond acceptors (Lipinski definition) is 3. The van der Waals surface area contributed by atoms with Gasteiger partial charge in [0.2, 0.25) is 5.95 Å². The van der Waals surface area contributed by atoms with Gasteiger partial charge in [0.05, 0.1) is 17.8 Å². The van der Waals surface area contributed by atoms with Gasteiger partial charge in [-0.15, -0.1) is 0 Å². The van der Waals surface area contributed by atoms with Crippen LogP contribution in [0.3, 0.4) is 0 Å². The molecular weight excluding hydrogens is 435 g/mol. The van der Waals surface area contributed by atoms with Crippen LogP contribution in [0, 0.1) is 5.95 Å². The lowest BCUT2D eigenvalue weighted by Crippen LogP contribution is -2.30. The Labute approximate surface area is 195 Å². The number of hydrogen-bond donors (Lipinski definition) is 1. The first-order chi connectivity index (χ1) is 16.4. The molecule has 0 bridgehead atoms. The average molecular weight is 458 g/mol. The molecule has 7 heteroatoms. The molecule has 0 saturated carbocycles. The van der Waals surface area contributed by atoms with Gasteiger partial charge in [0, 0.05) is 5.56 Å². The molecular formula is C27H23FN2O4. The van der Waals surface area contributed by atoms with Crippen LogP contribution in [0.5, 0.6) is 0 Å². The number of benzene rings is 3. The lowest BCUT2D eigenvalue weighted by Gasteiger charge is -2.09. The lowest BCUT2D eigenvalue weighted by atomic mass is 9.99. The van der Waals surface area contributed by atoms with Gasteiger partial charge in [-0.3, -0.25) is 9.36 Å². The Morgan fingerprint density at radius 1 is 0.912 bits per heavy atom. The highest BCUT2D eigenvalue weighted by atomic mass is 19.1. The van der Waals surface area contributed by atoms with Crippen LogP contribution in [0.15, 0.2) is 83.7 Å². The molecule has 0 spiro atoms. The van der Waals surface area contributed by atoms with Gasteiger partial charge >= 0.3 is 11.7 Å². The van der Waals surface area contributed by atoms with E-state index in [0.717, 1.165) is 5.56 Å². The third kappa shape index (κ3) is 4.32. The predicted octanol–water partition coefficient (Wildman–Crippen LogP) is 4.84. The number of aromatic nitrogens is 2. The summed E-state index contributed by atoms with van der Waals surface area (Å²) in [5.41, 5.74) is 1.88. The number of carbonyl (C=O) groups is 2. The van der Waals surface area contributed by atoms with Crippen LogP contribution in [0.2, 0.25) is 0 Å². The van der Waals surface area contributed by atoms with Crippen LogP contribution in [-0.2, 0) is 13.0 Å². The zero-order valence-electron chi connectivity index (χ0n) is 18.6. The molecule has 0 aliphatic carbocycles. The summed E-state index contributed by atoms with van der Waals surface area (Å²) in [5.74, 6) is -2.57. The molecule has 1 heterocycles. The SMILES string of the molecule is CCCc1c(F)n(C(=O)c2ccccc2)c(=O)n1Cc1ccc(-c2ccccc2C(=O)O)cc1. The molecule has 4 aromatic rings. The van der Waals surface area contributed by atoms with Crippen LogP contribution in [0.1, 0.15) is 45.3 Å². The van der Waals surface area contributed by atoms with E-state index in [0.29, 0.717) is 28.5 Å². The van der Waals surface area contributed by atoms with Crippen LogP contribution >= 0.6 is 0 Å². The van der Waals surface area contributed by atoms with E-state index in [1.807, 2.05) is 6.92 Å². The van der Waals surface area contributed by atoms with Crippen LogP contribution in [0.25, 0.3) is 11.1 Å². The van der Waals surface area contributed by atoms with E-state index in [-0.39, 0.29) is 23.4 Å². The highest BCUT2D eigenvalue weighted by Crippen LogP contribution is 2.24. The summed E-state index contributed by atoms with van der Waals surface area (Å²) in [6.07, 6.45) is 0.908. The monoisotopic (exact) mass is 458 g/mol. The smallest absolute Gasteiger partial charge is 0.338 e. The second kappa shape index (κ2) is 9.70. The minimum atomic E-state index is -1.02. The van der Waals surface area contributed by atoms with Crippen molar-refractivity contribution in [2.75, 3.05) is 0 Å². The van der Waals surface area contributed by atoms with E-state index < -0.39 is 23.5 Å². The summed E-state index contributed by atoms with van der Waals surface area (Å²) in [6, 6.07) is 21.9. The molecule has 0 amide bonds. The Balaban J connectivity index is 1.70. The van der Waals surface area contributed by atoms with Gasteiger partial charge in [0.1, 0.15) is 0 Å². The van der Waals surface area contributed by atoms with Gasteiger partial charge in [0.25, 0.3) is 5.91 Å². The second-order valence-corrected chi connectivity index (χ2v) is 7.91.